The van der Waals surface area contributed by atoms with E-state index < -0.39 is 32.9 Å². The quantitative estimate of drug-likeness (QED) is 0.253. The molecule has 0 unspecified atom stereocenters. The summed E-state index contributed by atoms with van der Waals surface area (Å²) in [4.78, 5) is 0. The first-order valence-electron chi connectivity index (χ1n) is 4.67. The second kappa shape index (κ2) is 6.78. The first-order chi connectivity index (χ1) is 7.96. The van der Waals surface area contributed by atoms with Gasteiger partial charge in [-0.05, 0) is 24.3 Å². The molecule has 1 aliphatic rings. The molecule has 1 aromatic rings. The van der Waals surface area contributed by atoms with Gasteiger partial charge in [0.05, 0.1) is 0 Å². The van der Waals surface area contributed by atoms with Gasteiger partial charge in [-0.25, -0.2) is 0 Å². The molecule has 0 N–H and O–H groups in total. The first kappa shape index (κ1) is 15.0. The molecule has 0 radical (unpaired) electrons. The van der Waals surface area contributed by atoms with Crippen molar-refractivity contribution in [2.75, 3.05) is 11.5 Å². The Morgan fingerprint density at radius 3 is 1.35 bits per heavy atom. The molecule has 1 heterocycles. The number of thioether (sulfide) groups is 1. The molecule has 0 aliphatic carbocycles. The molecule has 0 amide bonds. The van der Waals surface area contributed by atoms with E-state index >= 15 is 0 Å². The van der Waals surface area contributed by atoms with Crippen LogP contribution in [0.2, 0.25) is 0 Å². The molecule has 100 valence electrons. The van der Waals surface area contributed by atoms with Crippen LogP contribution in [0.3, 0.4) is 0 Å². The fourth-order valence-corrected chi connectivity index (χ4v) is 2.57. The van der Waals surface area contributed by atoms with E-state index in [2.05, 4.69) is 11.8 Å². The molecule has 1 aliphatic heterocycles. The van der Waals surface area contributed by atoms with E-state index in [4.69, 9.17) is 0 Å². The van der Waals surface area contributed by atoms with Crippen molar-refractivity contribution in [2.45, 2.75) is 12.8 Å². The van der Waals surface area contributed by atoms with Crippen molar-refractivity contribution in [2.24, 2.45) is 0 Å². The molecule has 0 atom stereocenters. The number of halogens is 5. The molecule has 1 aromatic carbocycles. The van der Waals surface area contributed by atoms with Gasteiger partial charge >= 0.3 is 75.9 Å². The van der Waals surface area contributed by atoms with Crippen molar-refractivity contribution in [3.8, 4) is 0 Å². The van der Waals surface area contributed by atoms with E-state index in [1.54, 1.807) is 0 Å². The van der Waals surface area contributed by atoms with Crippen LogP contribution in [0.5, 0.6) is 0 Å². The Morgan fingerprint density at radius 2 is 1.06 bits per heavy atom. The number of hydrogen-bond acceptors (Lipinski definition) is 1. The maximum absolute atomic E-state index is 12.4. The molecule has 0 saturated carbocycles. The molecule has 1 saturated heterocycles. The van der Waals surface area contributed by atoms with Crippen molar-refractivity contribution < 1.29 is 43.0 Å². The summed E-state index contributed by atoms with van der Waals surface area (Å²) in [6.07, 6.45) is 2.93. The van der Waals surface area contributed by atoms with Crippen LogP contribution in [0.4, 0.5) is 22.0 Å². The van der Waals surface area contributed by atoms with Gasteiger partial charge in [-0.15, -0.1) is 0 Å². The van der Waals surface area contributed by atoms with Crippen LogP contribution in [0.25, 0.3) is 0 Å². The van der Waals surface area contributed by atoms with E-state index in [1.165, 1.54) is 45.4 Å². The Labute approximate surface area is 112 Å². The fraction of sp³-hybridized carbons (Fsp3) is 0.400. The van der Waals surface area contributed by atoms with E-state index in [0.717, 1.165) is 0 Å². The van der Waals surface area contributed by atoms with E-state index in [9.17, 15) is 22.0 Å². The SMILES string of the molecule is C1CCSC1.Fc1c(F)c(F)[c]([Au])c(F)c1F. The third-order valence-electron chi connectivity index (χ3n) is 1.95. The van der Waals surface area contributed by atoms with E-state index in [-0.39, 0.29) is 0 Å². The van der Waals surface area contributed by atoms with Crippen molar-refractivity contribution in [1.29, 1.82) is 0 Å². The topological polar surface area (TPSA) is 0 Å². The van der Waals surface area contributed by atoms with Crippen LogP contribution in [-0.4, -0.2) is 11.5 Å². The number of rotatable bonds is 0. The van der Waals surface area contributed by atoms with Crippen molar-refractivity contribution in [3.05, 3.63) is 29.1 Å². The second-order valence-corrected chi connectivity index (χ2v) is 5.47. The van der Waals surface area contributed by atoms with Crippen LogP contribution in [0.15, 0.2) is 0 Å². The van der Waals surface area contributed by atoms with Gasteiger partial charge in [-0.3, -0.25) is 0 Å². The van der Waals surface area contributed by atoms with Crippen molar-refractivity contribution in [1.82, 2.24) is 0 Å². The summed E-state index contributed by atoms with van der Waals surface area (Å²) >= 11 is 3.31. The van der Waals surface area contributed by atoms with Gasteiger partial charge in [-0.1, -0.05) is 0 Å². The van der Waals surface area contributed by atoms with Crippen LogP contribution in [0.1, 0.15) is 12.8 Å². The zero-order chi connectivity index (χ0) is 13.0. The van der Waals surface area contributed by atoms with Crippen LogP contribution in [-0.2, 0) is 21.1 Å². The Hall–Kier alpha value is -0.0397. The third kappa shape index (κ3) is 3.71. The molecular formula is C10H8AuF5S. The minimum absolute atomic E-state index is 0.925. The van der Waals surface area contributed by atoms with E-state index in [1.807, 2.05) is 0 Å². The maximum atomic E-state index is 12.4. The zero-order valence-electron chi connectivity index (χ0n) is 8.43. The van der Waals surface area contributed by atoms with Gasteiger partial charge in [0.25, 0.3) is 0 Å². The Balaban J connectivity index is 0.000000239. The summed E-state index contributed by atoms with van der Waals surface area (Å²) in [6.45, 7) is 0. The Morgan fingerprint density at radius 1 is 0.706 bits per heavy atom. The Kier molecular flexibility index (Phi) is 5.99. The number of hydrogen-bond donors (Lipinski definition) is 0. The summed E-state index contributed by atoms with van der Waals surface area (Å²) in [7, 11) is 0. The molecule has 1 fully saturated rings. The molecule has 2 rings (SSSR count). The predicted octanol–water partition coefficient (Wildman–Crippen LogP) is 3.07. The monoisotopic (exact) mass is 452 g/mol. The molecule has 0 bridgehead atoms. The fourth-order valence-electron chi connectivity index (χ4n) is 1.07. The zero-order valence-corrected chi connectivity index (χ0v) is 11.4. The Bertz CT molecular complexity index is 294. The molecule has 0 aromatic heterocycles. The summed E-state index contributed by atoms with van der Waals surface area (Å²) < 4.78 is 60.6. The standard InChI is InChI=1S/C6F5.C4H8S.Au/c7-2-1-3(8)5(10)6(11)4(2)9;1-2-4-5-3-1;/h;1-4H2;. The van der Waals surface area contributed by atoms with E-state index in [0.29, 0.717) is 0 Å². The molecule has 0 spiro atoms. The summed E-state index contributed by atoms with van der Waals surface area (Å²) in [6, 6.07) is 0. The summed E-state index contributed by atoms with van der Waals surface area (Å²) in [5, 5.41) is 0. The van der Waals surface area contributed by atoms with Gasteiger partial charge in [-0.2, -0.15) is 11.8 Å². The molecular weight excluding hydrogens is 444 g/mol. The van der Waals surface area contributed by atoms with Crippen LogP contribution < -0.4 is 3.78 Å². The van der Waals surface area contributed by atoms with Gasteiger partial charge < -0.3 is 0 Å². The minimum atomic E-state index is -2.14. The molecule has 7 heteroatoms. The van der Waals surface area contributed by atoms with Crippen molar-refractivity contribution >= 4 is 15.5 Å². The summed E-state index contributed by atoms with van der Waals surface area (Å²) in [5.41, 5.74) is 0. The average molecular weight is 452 g/mol. The van der Waals surface area contributed by atoms with Gasteiger partial charge in [0.2, 0.25) is 0 Å². The van der Waals surface area contributed by atoms with Gasteiger partial charge in [0.1, 0.15) is 0 Å². The molecule has 17 heavy (non-hydrogen) atoms. The van der Waals surface area contributed by atoms with Crippen molar-refractivity contribution in [3.63, 3.8) is 0 Å². The third-order valence-corrected chi connectivity index (χ3v) is 4.06. The summed E-state index contributed by atoms with van der Waals surface area (Å²) in [5.74, 6) is -6.77. The number of benzene rings is 1. The normalized spacial score (nSPS) is 14.5. The first-order valence-corrected chi connectivity index (χ1v) is 6.91. The predicted molar refractivity (Wildman–Crippen MR) is 52.4 cm³/mol. The average Bonchev–Trinajstić information content (AvgIpc) is 2.90. The van der Waals surface area contributed by atoms with Gasteiger partial charge in [0.15, 0.2) is 0 Å². The van der Waals surface area contributed by atoms with Gasteiger partial charge in [0, 0.05) is 0 Å². The molecule has 0 nitrogen and oxygen atoms in total. The van der Waals surface area contributed by atoms with Crippen LogP contribution >= 0.6 is 11.8 Å². The van der Waals surface area contributed by atoms with Crippen LogP contribution in [0, 0.1) is 29.1 Å². The second-order valence-electron chi connectivity index (χ2n) is 3.17.